The van der Waals surface area contributed by atoms with Gasteiger partial charge >= 0.3 is 0 Å². The van der Waals surface area contributed by atoms with Crippen LogP contribution < -0.4 is 10.0 Å². The number of nitrogens with zero attached hydrogens (tertiary/aromatic N) is 2. The van der Waals surface area contributed by atoms with Gasteiger partial charge in [-0.2, -0.15) is 4.73 Å². The van der Waals surface area contributed by atoms with E-state index in [1.54, 1.807) is 37.3 Å². The molecule has 8 heteroatoms. The molecule has 0 saturated carbocycles. The molecule has 2 rings (SSSR count). The van der Waals surface area contributed by atoms with E-state index < -0.39 is 4.92 Å². The van der Waals surface area contributed by atoms with Crippen LogP contribution in [0.15, 0.2) is 53.7 Å². The predicted octanol–water partition coefficient (Wildman–Crippen LogP) is 2.20. The molecule has 1 heterocycles. The molecule has 0 aliphatic carbocycles. The van der Waals surface area contributed by atoms with Crippen molar-refractivity contribution >= 4 is 23.4 Å². The van der Waals surface area contributed by atoms with Crippen molar-refractivity contribution in [2.75, 3.05) is 5.75 Å². The van der Waals surface area contributed by atoms with Gasteiger partial charge in [0.1, 0.15) is 0 Å². The molecule has 1 aromatic heterocycles. The van der Waals surface area contributed by atoms with E-state index in [1.807, 2.05) is 0 Å². The zero-order valence-corrected chi connectivity index (χ0v) is 13.2. The average Bonchev–Trinajstić information content (AvgIpc) is 2.54. The molecule has 23 heavy (non-hydrogen) atoms. The SMILES string of the molecule is CC(NC(=O)CSc1cccc[n+]1[O-])c1cccc([N+](=O)[O-])c1. The summed E-state index contributed by atoms with van der Waals surface area (Å²) < 4.78 is 0.696. The molecule has 2 aromatic rings. The summed E-state index contributed by atoms with van der Waals surface area (Å²) in [6, 6.07) is 10.7. The van der Waals surface area contributed by atoms with Crippen molar-refractivity contribution in [2.45, 2.75) is 18.0 Å². The highest BCUT2D eigenvalue weighted by Gasteiger charge is 2.14. The predicted molar refractivity (Wildman–Crippen MR) is 85.8 cm³/mol. The third kappa shape index (κ3) is 4.68. The molecule has 0 spiro atoms. The second-order valence-electron chi connectivity index (χ2n) is 4.79. The number of carbonyl (C=O) groups is 1. The Morgan fingerprint density at radius 3 is 2.83 bits per heavy atom. The number of amides is 1. The summed E-state index contributed by atoms with van der Waals surface area (Å²) in [4.78, 5) is 22.2. The van der Waals surface area contributed by atoms with Crippen LogP contribution in [-0.4, -0.2) is 16.6 Å². The van der Waals surface area contributed by atoms with Crippen LogP contribution in [0.3, 0.4) is 0 Å². The number of pyridine rings is 1. The standard InChI is InChI=1S/C15H15N3O4S/c1-11(12-5-4-6-13(9-12)18(21)22)16-14(19)10-23-15-7-2-3-8-17(15)20/h2-9,11H,10H2,1H3,(H,16,19). The van der Waals surface area contributed by atoms with Gasteiger partial charge in [-0.05, 0) is 30.3 Å². The molecule has 0 fully saturated rings. The van der Waals surface area contributed by atoms with E-state index in [0.29, 0.717) is 15.3 Å². The van der Waals surface area contributed by atoms with E-state index in [-0.39, 0.29) is 23.4 Å². The van der Waals surface area contributed by atoms with Crippen molar-refractivity contribution in [2.24, 2.45) is 0 Å². The number of rotatable bonds is 6. The number of nitro benzene ring substituents is 1. The maximum atomic E-state index is 12.0. The zero-order valence-electron chi connectivity index (χ0n) is 12.3. The quantitative estimate of drug-likeness (QED) is 0.287. The largest absolute Gasteiger partial charge is 0.618 e. The number of non-ortho nitro benzene ring substituents is 1. The lowest BCUT2D eigenvalue weighted by Crippen LogP contribution is -2.31. The van der Waals surface area contributed by atoms with E-state index in [0.717, 1.165) is 11.8 Å². The Morgan fingerprint density at radius 1 is 1.35 bits per heavy atom. The summed E-state index contributed by atoms with van der Waals surface area (Å²) in [5.74, 6) is -0.163. The lowest BCUT2D eigenvalue weighted by molar-refractivity contribution is -0.645. The van der Waals surface area contributed by atoms with Gasteiger partial charge in [-0.25, -0.2) is 0 Å². The smallest absolute Gasteiger partial charge is 0.269 e. The van der Waals surface area contributed by atoms with Crippen molar-refractivity contribution in [3.8, 4) is 0 Å². The van der Waals surface area contributed by atoms with Gasteiger partial charge in [-0.15, -0.1) is 0 Å². The summed E-state index contributed by atoms with van der Waals surface area (Å²) in [6.07, 6.45) is 1.37. The monoisotopic (exact) mass is 333 g/mol. The topological polar surface area (TPSA) is 99.2 Å². The van der Waals surface area contributed by atoms with Gasteiger partial charge in [-0.3, -0.25) is 14.9 Å². The van der Waals surface area contributed by atoms with Crippen LogP contribution in [0.25, 0.3) is 0 Å². The molecule has 1 atom stereocenters. The van der Waals surface area contributed by atoms with Gasteiger partial charge in [0.25, 0.3) is 10.7 Å². The summed E-state index contributed by atoms with van der Waals surface area (Å²) >= 11 is 1.13. The highest BCUT2D eigenvalue weighted by molar-refractivity contribution is 7.99. The van der Waals surface area contributed by atoms with Crippen LogP contribution in [0.1, 0.15) is 18.5 Å². The molecule has 0 saturated heterocycles. The number of aromatic nitrogens is 1. The molecule has 1 unspecified atom stereocenters. The Morgan fingerprint density at radius 2 is 2.13 bits per heavy atom. The number of nitro groups is 1. The van der Waals surface area contributed by atoms with Gasteiger partial charge < -0.3 is 10.5 Å². The number of hydrogen-bond acceptors (Lipinski definition) is 5. The average molecular weight is 333 g/mol. The summed E-state index contributed by atoms with van der Waals surface area (Å²) in [7, 11) is 0. The van der Waals surface area contributed by atoms with Crippen LogP contribution >= 0.6 is 11.8 Å². The van der Waals surface area contributed by atoms with Crippen LogP contribution in [-0.2, 0) is 4.79 Å². The molecule has 0 radical (unpaired) electrons. The molecule has 7 nitrogen and oxygen atoms in total. The van der Waals surface area contributed by atoms with Crippen LogP contribution in [0, 0.1) is 15.3 Å². The highest BCUT2D eigenvalue weighted by atomic mass is 32.2. The van der Waals surface area contributed by atoms with Crippen molar-refractivity contribution in [3.05, 3.63) is 69.5 Å². The lowest BCUT2D eigenvalue weighted by atomic mass is 10.1. The second kappa shape index (κ2) is 7.59. The molecular formula is C15H15N3O4S. The fourth-order valence-electron chi connectivity index (χ4n) is 1.94. The van der Waals surface area contributed by atoms with Crippen molar-refractivity contribution < 1.29 is 14.4 Å². The first-order valence-corrected chi connectivity index (χ1v) is 7.80. The third-order valence-corrected chi connectivity index (χ3v) is 4.12. The molecule has 1 aromatic carbocycles. The van der Waals surface area contributed by atoms with Gasteiger partial charge in [0.15, 0.2) is 6.20 Å². The van der Waals surface area contributed by atoms with Crippen molar-refractivity contribution in [3.63, 3.8) is 0 Å². The Labute approximate surface area is 137 Å². The first-order valence-electron chi connectivity index (χ1n) is 6.82. The number of hydrogen-bond donors (Lipinski definition) is 1. The number of nitrogens with one attached hydrogen (secondary N) is 1. The third-order valence-electron chi connectivity index (χ3n) is 3.10. The molecule has 0 aliphatic rings. The Balaban J connectivity index is 1.93. The first kappa shape index (κ1) is 16.8. The normalized spacial score (nSPS) is 11.7. The minimum absolute atomic E-state index is 0.0188. The maximum Gasteiger partial charge on any atom is 0.269 e. The molecule has 120 valence electrons. The Kier molecular flexibility index (Phi) is 5.53. The Bertz CT molecular complexity index is 723. The van der Waals surface area contributed by atoms with E-state index >= 15 is 0 Å². The van der Waals surface area contributed by atoms with E-state index in [1.165, 1.54) is 18.3 Å². The Hall–Kier alpha value is -2.61. The second-order valence-corrected chi connectivity index (χ2v) is 5.79. The zero-order chi connectivity index (χ0) is 16.8. The lowest BCUT2D eigenvalue weighted by Gasteiger charge is -2.14. The fourth-order valence-corrected chi connectivity index (χ4v) is 2.66. The minimum Gasteiger partial charge on any atom is -0.618 e. The summed E-state index contributed by atoms with van der Waals surface area (Å²) in [5.41, 5.74) is 0.630. The molecule has 0 bridgehead atoms. The van der Waals surface area contributed by atoms with Crippen LogP contribution in [0.4, 0.5) is 5.69 Å². The van der Waals surface area contributed by atoms with Crippen molar-refractivity contribution in [1.29, 1.82) is 0 Å². The number of carbonyl (C=O) groups excluding carboxylic acids is 1. The van der Waals surface area contributed by atoms with Crippen molar-refractivity contribution in [1.82, 2.24) is 5.32 Å². The van der Waals surface area contributed by atoms with E-state index in [2.05, 4.69) is 5.32 Å². The van der Waals surface area contributed by atoms with Crippen LogP contribution in [0.5, 0.6) is 0 Å². The highest BCUT2D eigenvalue weighted by Crippen LogP contribution is 2.19. The molecule has 0 aliphatic heterocycles. The van der Waals surface area contributed by atoms with E-state index in [9.17, 15) is 20.1 Å². The molecular weight excluding hydrogens is 318 g/mol. The fraction of sp³-hybridized carbons (Fsp3) is 0.200. The minimum atomic E-state index is -0.476. The maximum absolute atomic E-state index is 12.0. The number of thioether (sulfide) groups is 1. The molecule has 1 N–H and O–H groups in total. The number of benzene rings is 1. The van der Waals surface area contributed by atoms with Gasteiger partial charge in [0.2, 0.25) is 5.91 Å². The van der Waals surface area contributed by atoms with Gasteiger partial charge in [0, 0.05) is 24.3 Å². The summed E-state index contributed by atoms with van der Waals surface area (Å²) in [6.45, 7) is 1.75. The van der Waals surface area contributed by atoms with Crippen LogP contribution in [0.2, 0.25) is 0 Å². The van der Waals surface area contributed by atoms with E-state index in [4.69, 9.17) is 0 Å². The summed E-state index contributed by atoms with van der Waals surface area (Å²) in [5, 5.41) is 25.4. The van der Waals surface area contributed by atoms with Gasteiger partial charge in [0.05, 0.1) is 16.7 Å². The molecule has 1 amide bonds. The first-order chi connectivity index (χ1) is 11.0. The van der Waals surface area contributed by atoms with Gasteiger partial charge in [-0.1, -0.05) is 12.1 Å².